The fourth-order valence-electron chi connectivity index (χ4n) is 5.42. The van der Waals surface area contributed by atoms with E-state index in [9.17, 15) is 23.1 Å². The van der Waals surface area contributed by atoms with E-state index in [-0.39, 0.29) is 55.4 Å². The van der Waals surface area contributed by atoms with E-state index in [1.165, 1.54) is 21.4 Å². The van der Waals surface area contributed by atoms with E-state index in [0.717, 1.165) is 12.0 Å². The Morgan fingerprint density at radius 1 is 1.07 bits per heavy atom. The first-order valence-corrected chi connectivity index (χ1v) is 16.7. The molecule has 0 bridgehead atoms. The summed E-state index contributed by atoms with van der Waals surface area (Å²) in [5.74, 6) is 0.00769. The summed E-state index contributed by atoms with van der Waals surface area (Å²) in [6.45, 7) is 10.1. The maximum absolute atomic E-state index is 14.0. The Morgan fingerprint density at radius 3 is 2.41 bits per heavy atom. The van der Waals surface area contributed by atoms with Gasteiger partial charge in [0.25, 0.3) is 5.91 Å². The summed E-state index contributed by atoms with van der Waals surface area (Å²) in [7, 11) is -4.09. The predicted molar refractivity (Wildman–Crippen MR) is 166 cm³/mol. The number of hydrazine groups is 1. The van der Waals surface area contributed by atoms with E-state index in [4.69, 9.17) is 9.47 Å². The number of carbonyl (C=O) groups is 2. The zero-order valence-electron chi connectivity index (χ0n) is 26.3. The van der Waals surface area contributed by atoms with E-state index in [2.05, 4.69) is 10.7 Å². The van der Waals surface area contributed by atoms with Gasteiger partial charge in [-0.3, -0.25) is 15.0 Å². The van der Waals surface area contributed by atoms with Crippen molar-refractivity contribution >= 4 is 21.8 Å². The summed E-state index contributed by atoms with van der Waals surface area (Å²) in [5.41, 5.74) is 3.24. The average Bonchev–Trinajstić information content (AvgIpc) is 3.66. The zero-order chi connectivity index (χ0) is 32.1. The van der Waals surface area contributed by atoms with Crippen LogP contribution in [0, 0.1) is 11.3 Å². The van der Waals surface area contributed by atoms with Crippen molar-refractivity contribution < 1.29 is 32.6 Å². The molecule has 1 fully saturated rings. The number of rotatable bonds is 12. The Hall–Kier alpha value is -3.19. The molecule has 11 nitrogen and oxygen atoms in total. The van der Waals surface area contributed by atoms with Gasteiger partial charge in [0.05, 0.1) is 23.1 Å². The van der Waals surface area contributed by atoms with Gasteiger partial charge in [-0.05, 0) is 54.8 Å². The van der Waals surface area contributed by atoms with E-state index in [0.29, 0.717) is 24.5 Å². The molecular formula is C32H46N4O7S. The molecule has 1 saturated heterocycles. The molecule has 2 aromatic rings. The van der Waals surface area contributed by atoms with Crippen molar-refractivity contribution in [2.75, 3.05) is 26.4 Å². The summed E-state index contributed by atoms with van der Waals surface area (Å²) >= 11 is 0. The molecule has 2 heterocycles. The SMILES string of the molecule is CC(C)CN(C[C@@H](O)C(Cc1ccccc1)N(NC(=O)C1CCCN1)C(=O)CC(C)(C)C)S(=O)(=O)c1ccc2c(c1)OCO2. The Bertz CT molecular complexity index is 1390. The summed E-state index contributed by atoms with van der Waals surface area (Å²) in [4.78, 5) is 27.2. The zero-order valence-corrected chi connectivity index (χ0v) is 27.1. The summed E-state index contributed by atoms with van der Waals surface area (Å²) in [6, 6.07) is 12.3. The molecule has 2 aliphatic rings. The highest BCUT2D eigenvalue weighted by Gasteiger charge is 2.38. The van der Waals surface area contributed by atoms with Gasteiger partial charge in [-0.1, -0.05) is 65.0 Å². The standard InChI is InChI=1S/C32H46N4O7S/c1-22(2)19-35(44(40,41)24-13-14-28-29(17-24)43-21-42-28)20-27(37)26(16-23-10-7-6-8-11-23)36(30(38)18-32(3,4)5)34-31(39)25-12-9-15-33-25/h6-8,10-11,13-14,17,22,25-27,33,37H,9,12,15-16,18-21H2,1-5H3,(H,34,39)/t25?,26?,27-/m1/s1. The average molecular weight is 631 g/mol. The van der Waals surface area contributed by atoms with Gasteiger partial charge >= 0.3 is 0 Å². The Labute approximate surface area is 260 Å². The number of amides is 2. The number of benzene rings is 2. The highest BCUT2D eigenvalue weighted by molar-refractivity contribution is 7.89. The third-order valence-corrected chi connectivity index (χ3v) is 9.39. The highest BCUT2D eigenvalue weighted by atomic mass is 32.2. The predicted octanol–water partition coefficient (Wildman–Crippen LogP) is 3.08. The van der Waals surface area contributed by atoms with Gasteiger partial charge in [-0.15, -0.1) is 0 Å². The first-order chi connectivity index (χ1) is 20.7. The van der Waals surface area contributed by atoms with Crippen molar-refractivity contribution in [3.8, 4) is 11.5 Å². The third-order valence-electron chi connectivity index (χ3n) is 7.56. The molecule has 44 heavy (non-hydrogen) atoms. The van der Waals surface area contributed by atoms with Crippen LogP contribution in [0.1, 0.15) is 59.4 Å². The van der Waals surface area contributed by atoms with Crippen LogP contribution in [-0.2, 0) is 26.0 Å². The smallest absolute Gasteiger partial charge is 0.255 e. The van der Waals surface area contributed by atoms with Crippen LogP contribution >= 0.6 is 0 Å². The number of nitrogens with zero attached hydrogens (tertiary/aromatic N) is 2. The largest absolute Gasteiger partial charge is 0.454 e. The van der Waals surface area contributed by atoms with E-state index in [1.807, 2.05) is 65.0 Å². The molecule has 242 valence electrons. The van der Waals surface area contributed by atoms with Crippen LogP contribution in [0.3, 0.4) is 0 Å². The lowest BCUT2D eigenvalue weighted by Crippen LogP contribution is -2.61. The Morgan fingerprint density at radius 2 is 1.77 bits per heavy atom. The van der Waals surface area contributed by atoms with Crippen molar-refractivity contribution in [3.63, 3.8) is 0 Å². The summed E-state index contributed by atoms with van der Waals surface area (Å²) in [5, 5.41) is 16.3. The van der Waals surface area contributed by atoms with Crippen molar-refractivity contribution in [1.82, 2.24) is 20.1 Å². The number of nitrogens with one attached hydrogen (secondary N) is 2. The molecule has 4 rings (SSSR count). The van der Waals surface area contributed by atoms with Crippen LogP contribution < -0.4 is 20.2 Å². The maximum atomic E-state index is 14.0. The molecule has 0 aliphatic carbocycles. The lowest BCUT2D eigenvalue weighted by Gasteiger charge is -2.38. The fourth-order valence-corrected chi connectivity index (χ4v) is 7.06. The number of fused-ring (bicyclic) bond motifs is 1. The quantitative estimate of drug-likeness (QED) is 0.305. The number of ether oxygens (including phenoxy) is 2. The van der Waals surface area contributed by atoms with Crippen molar-refractivity contribution in [3.05, 3.63) is 54.1 Å². The molecule has 2 unspecified atom stereocenters. The van der Waals surface area contributed by atoms with E-state index < -0.39 is 33.6 Å². The van der Waals surface area contributed by atoms with E-state index in [1.54, 1.807) is 6.07 Å². The molecule has 12 heteroatoms. The molecule has 3 N–H and O–H groups in total. The monoisotopic (exact) mass is 630 g/mol. The number of hydrogen-bond donors (Lipinski definition) is 3. The minimum Gasteiger partial charge on any atom is -0.454 e. The van der Waals surface area contributed by atoms with E-state index >= 15 is 0 Å². The van der Waals surface area contributed by atoms with Crippen LogP contribution in [0.5, 0.6) is 11.5 Å². The first kappa shape index (κ1) is 33.7. The maximum Gasteiger partial charge on any atom is 0.255 e. The fraction of sp³-hybridized carbons (Fsp3) is 0.562. The van der Waals surface area contributed by atoms with Gasteiger partial charge in [0.2, 0.25) is 22.7 Å². The van der Waals surface area contributed by atoms with Crippen LogP contribution in [0.15, 0.2) is 53.4 Å². The van der Waals surface area contributed by atoms with Gasteiger partial charge < -0.3 is 19.9 Å². The van der Waals surface area contributed by atoms with Crippen LogP contribution in [-0.4, -0.2) is 79.3 Å². The summed E-state index contributed by atoms with van der Waals surface area (Å²) < 4.78 is 40.0. The molecule has 0 saturated carbocycles. The van der Waals surface area contributed by atoms with Crippen LogP contribution in [0.2, 0.25) is 0 Å². The highest BCUT2D eigenvalue weighted by Crippen LogP contribution is 2.35. The Kier molecular flexibility index (Phi) is 10.9. The molecule has 0 radical (unpaired) electrons. The number of carbonyl (C=O) groups excluding carboxylic acids is 2. The number of aliphatic hydroxyl groups is 1. The Balaban J connectivity index is 1.69. The molecule has 0 spiro atoms. The molecular weight excluding hydrogens is 584 g/mol. The van der Waals surface area contributed by atoms with Gasteiger partial charge in [-0.25, -0.2) is 13.4 Å². The van der Waals surface area contributed by atoms with Crippen molar-refractivity contribution in [2.45, 2.75) is 83.4 Å². The van der Waals surface area contributed by atoms with Gasteiger partial charge in [0.15, 0.2) is 11.5 Å². The lowest BCUT2D eigenvalue weighted by atomic mass is 9.91. The molecule has 0 aromatic heterocycles. The normalized spacial score (nSPS) is 18.0. The number of aliphatic hydroxyl groups excluding tert-OH is 1. The second-order valence-corrected chi connectivity index (χ2v) is 15.1. The molecule has 2 aromatic carbocycles. The molecule has 2 amide bonds. The second kappa shape index (κ2) is 14.3. The summed E-state index contributed by atoms with van der Waals surface area (Å²) in [6.07, 6.45) is 0.421. The van der Waals surface area contributed by atoms with Gasteiger partial charge in [0, 0.05) is 25.6 Å². The minimum atomic E-state index is -4.09. The molecule has 3 atom stereocenters. The molecule has 2 aliphatic heterocycles. The van der Waals surface area contributed by atoms with Gasteiger partial charge in [-0.2, -0.15) is 4.31 Å². The number of sulfonamides is 1. The third kappa shape index (κ3) is 8.71. The van der Waals surface area contributed by atoms with Gasteiger partial charge in [0.1, 0.15) is 0 Å². The first-order valence-electron chi connectivity index (χ1n) is 15.2. The number of hydrogen-bond acceptors (Lipinski definition) is 8. The lowest BCUT2D eigenvalue weighted by molar-refractivity contribution is -0.150. The second-order valence-electron chi connectivity index (χ2n) is 13.2. The minimum absolute atomic E-state index is 0.00888. The van der Waals surface area contributed by atoms with Crippen LogP contribution in [0.4, 0.5) is 0 Å². The van der Waals surface area contributed by atoms with Crippen molar-refractivity contribution in [2.24, 2.45) is 11.3 Å². The topological polar surface area (TPSA) is 138 Å². The van der Waals surface area contributed by atoms with Crippen LogP contribution in [0.25, 0.3) is 0 Å². The van der Waals surface area contributed by atoms with Crippen molar-refractivity contribution in [1.29, 1.82) is 0 Å².